The molecule has 0 aliphatic carbocycles. The van der Waals surface area contributed by atoms with Crippen LogP contribution in [0.3, 0.4) is 0 Å². The number of aromatic hydroxyl groups is 1. The molecule has 0 radical (unpaired) electrons. The van der Waals surface area contributed by atoms with Crippen molar-refractivity contribution in [3.05, 3.63) is 29.3 Å². The van der Waals surface area contributed by atoms with Gasteiger partial charge in [0.25, 0.3) is 5.91 Å². The maximum absolute atomic E-state index is 11.9. The van der Waals surface area contributed by atoms with Crippen molar-refractivity contribution in [3.8, 4) is 5.75 Å². The number of rotatable bonds is 4. The normalized spacial score (nSPS) is 12.5. The zero-order valence-electron chi connectivity index (χ0n) is 10.3. The number of phenols is 1. The second-order valence-corrected chi connectivity index (χ2v) is 4.81. The molecule has 2 N–H and O–H groups in total. The Kier molecular flexibility index (Phi) is 4.82. The van der Waals surface area contributed by atoms with Crippen LogP contribution in [0.25, 0.3) is 0 Å². The van der Waals surface area contributed by atoms with Crippen molar-refractivity contribution in [2.45, 2.75) is 26.8 Å². The highest BCUT2D eigenvalue weighted by atomic mass is 35.5. The van der Waals surface area contributed by atoms with E-state index in [2.05, 4.69) is 5.32 Å². The Morgan fingerprint density at radius 3 is 2.59 bits per heavy atom. The first kappa shape index (κ1) is 13.8. The van der Waals surface area contributed by atoms with Crippen LogP contribution in [0.15, 0.2) is 18.2 Å². The lowest BCUT2D eigenvalue weighted by Crippen LogP contribution is -2.39. The highest BCUT2D eigenvalue weighted by molar-refractivity contribution is 6.18. The predicted octanol–water partition coefficient (Wildman–Crippen LogP) is 2.69. The van der Waals surface area contributed by atoms with Gasteiger partial charge in [0.1, 0.15) is 5.75 Å². The van der Waals surface area contributed by atoms with Crippen LogP contribution in [0, 0.1) is 12.8 Å². The van der Waals surface area contributed by atoms with E-state index in [4.69, 9.17) is 11.6 Å². The highest BCUT2D eigenvalue weighted by Crippen LogP contribution is 2.18. The number of alkyl halides is 1. The van der Waals surface area contributed by atoms with Crippen molar-refractivity contribution < 1.29 is 9.90 Å². The summed E-state index contributed by atoms with van der Waals surface area (Å²) in [5.74, 6) is 0.321. The zero-order chi connectivity index (χ0) is 13.0. The molecule has 0 aromatic heterocycles. The number of carbonyl (C=O) groups excluding carboxylic acids is 1. The minimum Gasteiger partial charge on any atom is -0.507 e. The summed E-state index contributed by atoms with van der Waals surface area (Å²) in [5, 5.41) is 12.5. The van der Waals surface area contributed by atoms with Gasteiger partial charge in [-0.15, -0.1) is 11.6 Å². The van der Waals surface area contributed by atoms with Gasteiger partial charge in [-0.3, -0.25) is 4.79 Å². The molecule has 1 unspecified atom stereocenters. The monoisotopic (exact) mass is 255 g/mol. The molecule has 1 rings (SSSR count). The van der Waals surface area contributed by atoms with Gasteiger partial charge in [-0.1, -0.05) is 19.9 Å². The summed E-state index contributed by atoms with van der Waals surface area (Å²) in [6.45, 7) is 5.84. The van der Waals surface area contributed by atoms with E-state index in [1.807, 2.05) is 20.8 Å². The van der Waals surface area contributed by atoms with Gasteiger partial charge in [-0.2, -0.15) is 0 Å². The summed E-state index contributed by atoms with van der Waals surface area (Å²) in [6, 6.07) is 4.88. The number of aryl methyl sites for hydroxylation is 1. The second kappa shape index (κ2) is 5.92. The summed E-state index contributed by atoms with van der Waals surface area (Å²) in [7, 11) is 0. The van der Waals surface area contributed by atoms with Crippen LogP contribution in [0.2, 0.25) is 0 Å². The van der Waals surface area contributed by atoms with Crippen molar-refractivity contribution in [2.24, 2.45) is 5.92 Å². The number of benzene rings is 1. The molecular weight excluding hydrogens is 238 g/mol. The lowest BCUT2D eigenvalue weighted by atomic mass is 10.0. The van der Waals surface area contributed by atoms with E-state index in [-0.39, 0.29) is 29.2 Å². The van der Waals surface area contributed by atoms with Crippen LogP contribution in [-0.2, 0) is 0 Å². The SMILES string of the molecule is Cc1ccc(C(=O)NC(CCl)C(C)C)c(O)c1. The lowest BCUT2D eigenvalue weighted by molar-refractivity contribution is 0.0928. The van der Waals surface area contributed by atoms with E-state index < -0.39 is 0 Å². The standard InChI is InChI=1S/C13H18ClNO2/c1-8(2)11(7-14)15-13(17)10-5-4-9(3)6-12(10)16/h4-6,8,11,16H,7H2,1-3H3,(H,15,17). The van der Waals surface area contributed by atoms with E-state index in [0.29, 0.717) is 5.88 Å². The molecule has 4 heteroatoms. The Bertz CT molecular complexity index is 404. The second-order valence-electron chi connectivity index (χ2n) is 4.50. The molecule has 0 saturated carbocycles. The molecule has 0 saturated heterocycles. The van der Waals surface area contributed by atoms with Gasteiger partial charge >= 0.3 is 0 Å². The van der Waals surface area contributed by atoms with Crippen LogP contribution < -0.4 is 5.32 Å². The van der Waals surface area contributed by atoms with E-state index in [1.54, 1.807) is 18.2 Å². The average molecular weight is 256 g/mol. The third-order valence-electron chi connectivity index (χ3n) is 2.69. The summed E-state index contributed by atoms with van der Waals surface area (Å²) in [4.78, 5) is 11.9. The van der Waals surface area contributed by atoms with Gasteiger partial charge in [0.15, 0.2) is 0 Å². The number of carbonyl (C=O) groups is 1. The molecule has 1 amide bonds. The zero-order valence-corrected chi connectivity index (χ0v) is 11.1. The maximum Gasteiger partial charge on any atom is 0.255 e. The highest BCUT2D eigenvalue weighted by Gasteiger charge is 2.18. The first-order valence-electron chi connectivity index (χ1n) is 5.62. The number of amides is 1. The molecule has 0 aliphatic heterocycles. The van der Waals surface area contributed by atoms with Crippen LogP contribution in [0.4, 0.5) is 0 Å². The van der Waals surface area contributed by atoms with Crippen LogP contribution in [0.5, 0.6) is 5.75 Å². The Morgan fingerprint density at radius 2 is 2.12 bits per heavy atom. The number of halogens is 1. The van der Waals surface area contributed by atoms with Gasteiger partial charge in [-0.05, 0) is 30.5 Å². The molecule has 0 fully saturated rings. The predicted molar refractivity (Wildman–Crippen MR) is 69.7 cm³/mol. The molecule has 3 nitrogen and oxygen atoms in total. The van der Waals surface area contributed by atoms with Crippen LogP contribution >= 0.6 is 11.6 Å². The van der Waals surface area contributed by atoms with Gasteiger partial charge in [-0.25, -0.2) is 0 Å². The molecule has 94 valence electrons. The molecule has 17 heavy (non-hydrogen) atoms. The number of phenolic OH excluding ortho intramolecular Hbond substituents is 1. The number of hydrogen-bond acceptors (Lipinski definition) is 2. The van der Waals surface area contributed by atoms with Crippen molar-refractivity contribution in [3.63, 3.8) is 0 Å². The Labute approximate surface area is 107 Å². The summed E-state index contributed by atoms with van der Waals surface area (Å²) < 4.78 is 0. The first-order chi connectivity index (χ1) is 7.95. The molecule has 1 atom stereocenters. The average Bonchev–Trinajstić information content (AvgIpc) is 2.24. The fourth-order valence-electron chi connectivity index (χ4n) is 1.46. The summed E-state index contributed by atoms with van der Waals surface area (Å²) >= 11 is 5.78. The molecule has 0 spiro atoms. The Morgan fingerprint density at radius 1 is 1.47 bits per heavy atom. The first-order valence-corrected chi connectivity index (χ1v) is 6.15. The topological polar surface area (TPSA) is 49.3 Å². The quantitative estimate of drug-likeness (QED) is 0.813. The molecule has 0 heterocycles. The largest absolute Gasteiger partial charge is 0.507 e. The molecule has 0 aliphatic rings. The molecule has 0 bridgehead atoms. The molecular formula is C13H18ClNO2. The number of nitrogens with one attached hydrogen (secondary N) is 1. The lowest BCUT2D eigenvalue weighted by Gasteiger charge is -2.20. The maximum atomic E-state index is 11.9. The fourth-order valence-corrected chi connectivity index (χ4v) is 1.90. The van der Waals surface area contributed by atoms with Crippen molar-refractivity contribution >= 4 is 17.5 Å². The molecule has 1 aromatic carbocycles. The minimum absolute atomic E-state index is 0.000390. The fraction of sp³-hybridized carbons (Fsp3) is 0.462. The van der Waals surface area contributed by atoms with E-state index >= 15 is 0 Å². The third kappa shape index (κ3) is 3.63. The van der Waals surface area contributed by atoms with Gasteiger partial charge in [0, 0.05) is 11.9 Å². The van der Waals surface area contributed by atoms with Gasteiger partial charge < -0.3 is 10.4 Å². The van der Waals surface area contributed by atoms with Crippen molar-refractivity contribution in [1.29, 1.82) is 0 Å². The number of hydrogen-bond donors (Lipinski definition) is 2. The van der Waals surface area contributed by atoms with Gasteiger partial charge in [0.05, 0.1) is 5.56 Å². The van der Waals surface area contributed by atoms with E-state index in [0.717, 1.165) is 5.56 Å². The summed E-state index contributed by atoms with van der Waals surface area (Å²) in [6.07, 6.45) is 0. The van der Waals surface area contributed by atoms with Gasteiger partial charge in [0.2, 0.25) is 0 Å². The van der Waals surface area contributed by atoms with Crippen LogP contribution in [0.1, 0.15) is 29.8 Å². The Balaban J connectivity index is 2.82. The third-order valence-corrected chi connectivity index (χ3v) is 3.02. The minimum atomic E-state index is -0.290. The summed E-state index contributed by atoms with van der Waals surface area (Å²) in [5.41, 5.74) is 1.20. The van der Waals surface area contributed by atoms with E-state index in [1.165, 1.54) is 0 Å². The Hall–Kier alpha value is -1.22. The smallest absolute Gasteiger partial charge is 0.255 e. The molecule has 1 aromatic rings. The van der Waals surface area contributed by atoms with Crippen molar-refractivity contribution in [1.82, 2.24) is 5.32 Å². The van der Waals surface area contributed by atoms with E-state index in [9.17, 15) is 9.90 Å². The van der Waals surface area contributed by atoms with Crippen LogP contribution in [-0.4, -0.2) is 22.9 Å². The van der Waals surface area contributed by atoms with Crippen molar-refractivity contribution in [2.75, 3.05) is 5.88 Å².